The number of hydrogen-bond acceptors (Lipinski definition) is 6. The van der Waals surface area contributed by atoms with Crippen molar-refractivity contribution in [3.8, 4) is 11.5 Å². The molecule has 1 saturated heterocycles. The van der Waals surface area contributed by atoms with Crippen molar-refractivity contribution in [3.63, 3.8) is 0 Å². The van der Waals surface area contributed by atoms with E-state index in [0.29, 0.717) is 37.0 Å². The first-order chi connectivity index (χ1) is 13.4. The second-order valence-corrected chi connectivity index (χ2v) is 7.64. The zero-order valence-corrected chi connectivity index (χ0v) is 16.9. The first-order valence-electron chi connectivity index (χ1n) is 7.96. The van der Waals surface area contributed by atoms with Crippen LogP contribution in [0.4, 0.5) is 5.69 Å². The average molecular weight is 436 g/mol. The first kappa shape index (κ1) is 20.2. The van der Waals surface area contributed by atoms with Gasteiger partial charge in [0, 0.05) is 0 Å². The Balaban J connectivity index is 1.88. The van der Waals surface area contributed by atoms with Gasteiger partial charge in [-0.25, -0.2) is 4.79 Å². The highest BCUT2D eigenvalue weighted by Gasteiger charge is 2.34. The standard InChI is InChI=1S/C19H14ClNO5S2/c1-25-15-8-11(6-7-14(15)26-10-17(22)23)9-16-18(24)21(19(27)28-16)13-5-3-2-4-12(13)20/h2-9H,10H2,1H3,(H,22,23)/b16-9+. The number of methoxy groups -OCH3 is 1. The molecule has 3 rings (SSSR count). The normalized spacial score (nSPS) is 15.2. The van der Waals surface area contributed by atoms with Crippen molar-refractivity contribution >= 4 is 63.5 Å². The molecule has 28 heavy (non-hydrogen) atoms. The third-order valence-corrected chi connectivity index (χ3v) is 5.35. The second kappa shape index (κ2) is 8.64. The highest BCUT2D eigenvalue weighted by Crippen LogP contribution is 2.39. The van der Waals surface area contributed by atoms with Crippen molar-refractivity contribution in [2.24, 2.45) is 0 Å². The molecule has 2 aromatic carbocycles. The maximum atomic E-state index is 12.8. The summed E-state index contributed by atoms with van der Waals surface area (Å²) >= 11 is 12.7. The van der Waals surface area contributed by atoms with E-state index in [4.69, 9.17) is 38.4 Å². The fraction of sp³-hybridized carbons (Fsp3) is 0.105. The lowest BCUT2D eigenvalue weighted by atomic mass is 10.2. The Bertz CT molecular complexity index is 992. The molecular formula is C19H14ClNO5S2. The number of carboxylic acid groups (broad SMARTS) is 1. The van der Waals surface area contributed by atoms with Gasteiger partial charge < -0.3 is 14.6 Å². The van der Waals surface area contributed by atoms with Gasteiger partial charge in [0.15, 0.2) is 22.4 Å². The minimum Gasteiger partial charge on any atom is -0.493 e. The van der Waals surface area contributed by atoms with Crippen molar-refractivity contribution < 1.29 is 24.2 Å². The summed E-state index contributed by atoms with van der Waals surface area (Å²) in [7, 11) is 1.45. The van der Waals surface area contributed by atoms with E-state index in [9.17, 15) is 9.59 Å². The number of rotatable bonds is 6. The smallest absolute Gasteiger partial charge is 0.341 e. The van der Waals surface area contributed by atoms with E-state index in [-0.39, 0.29) is 5.91 Å². The molecule has 0 unspecified atom stereocenters. The Kier molecular flexibility index (Phi) is 6.23. The van der Waals surface area contributed by atoms with Crippen LogP contribution >= 0.6 is 35.6 Å². The van der Waals surface area contributed by atoms with Gasteiger partial charge in [-0.2, -0.15) is 0 Å². The average Bonchev–Trinajstić information content (AvgIpc) is 2.94. The van der Waals surface area contributed by atoms with Crippen molar-refractivity contribution in [1.82, 2.24) is 0 Å². The number of carbonyl (C=O) groups excluding carboxylic acids is 1. The molecule has 0 spiro atoms. The monoisotopic (exact) mass is 435 g/mol. The summed E-state index contributed by atoms with van der Waals surface area (Å²) in [5.74, 6) is -0.704. The molecule has 0 radical (unpaired) electrons. The number of anilines is 1. The predicted molar refractivity (Wildman–Crippen MR) is 113 cm³/mol. The molecule has 2 aromatic rings. The van der Waals surface area contributed by atoms with Crippen molar-refractivity contribution in [2.75, 3.05) is 18.6 Å². The van der Waals surface area contributed by atoms with Crippen LogP contribution in [-0.2, 0) is 9.59 Å². The van der Waals surface area contributed by atoms with Crippen molar-refractivity contribution in [3.05, 3.63) is 58.0 Å². The molecule has 6 nitrogen and oxygen atoms in total. The van der Waals surface area contributed by atoms with Gasteiger partial charge in [0.25, 0.3) is 5.91 Å². The Morgan fingerprint density at radius 3 is 2.71 bits per heavy atom. The fourth-order valence-corrected chi connectivity index (χ4v) is 4.00. The topological polar surface area (TPSA) is 76.1 Å². The Morgan fingerprint density at radius 2 is 2.04 bits per heavy atom. The number of hydrogen-bond donors (Lipinski definition) is 1. The van der Waals surface area contributed by atoms with Crippen molar-refractivity contribution in [1.29, 1.82) is 0 Å². The van der Waals surface area contributed by atoms with Crippen LogP contribution in [0.15, 0.2) is 47.4 Å². The number of ether oxygens (including phenoxy) is 2. The third-order valence-electron chi connectivity index (χ3n) is 3.72. The van der Waals surface area contributed by atoms with E-state index >= 15 is 0 Å². The van der Waals surface area contributed by atoms with E-state index in [1.54, 1.807) is 48.5 Å². The van der Waals surface area contributed by atoms with Crippen LogP contribution in [0.1, 0.15) is 5.56 Å². The molecule has 9 heteroatoms. The number of para-hydroxylation sites is 1. The summed E-state index contributed by atoms with van der Waals surface area (Å²) in [6.45, 7) is -0.480. The maximum absolute atomic E-state index is 12.8. The van der Waals surface area contributed by atoms with Gasteiger partial charge >= 0.3 is 5.97 Å². The minimum atomic E-state index is -1.09. The quantitative estimate of drug-likeness (QED) is 0.537. The number of carboxylic acids is 1. The molecule has 1 heterocycles. The van der Waals surface area contributed by atoms with Gasteiger partial charge in [0.05, 0.1) is 22.7 Å². The molecule has 1 aliphatic heterocycles. The molecule has 0 saturated carbocycles. The summed E-state index contributed by atoms with van der Waals surface area (Å²) in [6, 6.07) is 11.9. The molecule has 0 bridgehead atoms. The lowest BCUT2D eigenvalue weighted by molar-refractivity contribution is -0.139. The summed E-state index contributed by atoms with van der Waals surface area (Å²) < 4.78 is 10.8. The van der Waals surface area contributed by atoms with Crippen molar-refractivity contribution in [2.45, 2.75) is 0 Å². The van der Waals surface area contributed by atoms with Crippen LogP contribution in [-0.4, -0.2) is 35.0 Å². The van der Waals surface area contributed by atoms with Gasteiger partial charge in [-0.1, -0.05) is 53.8 Å². The van der Waals surface area contributed by atoms with Crippen LogP contribution in [0.25, 0.3) is 6.08 Å². The number of thioether (sulfide) groups is 1. The van der Waals surface area contributed by atoms with E-state index in [1.807, 2.05) is 0 Å². The fourth-order valence-electron chi connectivity index (χ4n) is 2.49. The molecule has 144 valence electrons. The van der Waals surface area contributed by atoms with Crippen LogP contribution < -0.4 is 14.4 Å². The van der Waals surface area contributed by atoms with Gasteiger partial charge in [-0.3, -0.25) is 9.69 Å². The highest BCUT2D eigenvalue weighted by molar-refractivity contribution is 8.27. The molecule has 1 fully saturated rings. The highest BCUT2D eigenvalue weighted by atomic mass is 35.5. The SMILES string of the molecule is COc1cc(/C=C2/SC(=S)N(c3ccccc3Cl)C2=O)ccc1OCC(=O)O. The maximum Gasteiger partial charge on any atom is 0.341 e. The predicted octanol–water partition coefficient (Wildman–Crippen LogP) is 4.22. The zero-order valence-electron chi connectivity index (χ0n) is 14.5. The summed E-state index contributed by atoms with van der Waals surface area (Å²) in [5.41, 5.74) is 1.21. The van der Waals surface area contributed by atoms with Gasteiger partial charge in [-0.15, -0.1) is 0 Å². The summed E-state index contributed by atoms with van der Waals surface area (Å²) in [6.07, 6.45) is 1.68. The summed E-state index contributed by atoms with van der Waals surface area (Å²) in [4.78, 5) is 25.3. The largest absolute Gasteiger partial charge is 0.493 e. The number of benzene rings is 2. The lowest BCUT2D eigenvalue weighted by Gasteiger charge is -2.15. The van der Waals surface area contributed by atoms with Crippen LogP contribution in [0.3, 0.4) is 0 Å². The number of aliphatic carboxylic acids is 1. The number of carbonyl (C=O) groups is 2. The number of nitrogens with zero attached hydrogens (tertiary/aromatic N) is 1. The first-order valence-corrected chi connectivity index (χ1v) is 9.56. The third kappa shape index (κ3) is 4.30. The summed E-state index contributed by atoms with van der Waals surface area (Å²) in [5, 5.41) is 9.17. The Hall–Kier alpha value is -2.55. The Morgan fingerprint density at radius 1 is 1.29 bits per heavy atom. The number of amides is 1. The second-order valence-electron chi connectivity index (χ2n) is 5.56. The molecule has 0 atom stereocenters. The molecule has 1 aliphatic rings. The molecular weight excluding hydrogens is 422 g/mol. The minimum absolute atomic E-state index is 0.270. The number of thiocarbonyl (C=S) groups is 1. The van der Waals surface area contributed by atoms with Gasteiger partial charge in [-0.05, 0) is 35.9 Å². The van der Waals surface area contributed by atoms with E-state index in [2.05, 4.69) is 0 Å². The van der Waals surface area contributed by atoms with Crippen LogP contribution in [0.5, 0.6) is 11.5 Å². The van der Waals surface area contributed by atoms with Gasteiger partial charge in [0.1, 0.15) is 0 Å². The van der Waals surface area contributed by atoms with E-state index < -0.39 is 12.6 Å². The lowest BCUT2D eigenvalue weighted by Crippen LogP contribution is -2.27. The zero-order chi connectivity index (χ0) is 20.3. The van der Waals surface area contributed by atoms with Gasteiger partial charge in [0.2, 0.25) is 0 Å². The van der Waals surface area contributed by atoms with E-state index in [0.717, 1.165) is 0 Å². The van der Waals surface area contributed by atoms with Crippen LogP contribution in [0.2, 0.25) is 5.02 Å². The molecule has 0 aliphatic carbocycles. The molecule has 1 amide bonds. The number of halogens is 1. The van der Waals surface area contributed by atoms with Crippen LogP contribution in [0, 0.1) is 0 Å². The molecule has 0 aromatic heterocycles. The molecule has 1 N–H and O–H groups in total. The Labute approximate surface area is 175 Å². The van der Waals surface area contributed by atoms with E-state index in [1.165, 1.54) is 23.8 Å².